The van der Waals surface area contributed by atoms with Gasteiger partial charge in [-0.3, -0.25) is 0 Å². The standard InChI is InChI=1S/C14H23N3O2/c1-12(2)8-5-3-4-6-10-15-13-9-7-11-16-14(13)17(18)19/h7,9,11-12,15H,3-6,8,10H2,1-2H3. The quantitative estimate of drug-likeness (QED) is 0.416. The van der Waals surface area contributed by atoms with Crippen LogP contribution in [0.3, 0.4) is 0 Å². The zero-order valence-electron chi connectivity index (χ0n) is 11.8. The second-order valence-electron chi connectivity index (χ2n) is 5.16. The maximum atomic E-state index is 10.8. The van der Waals surface area contributed by atoms with Crippen molar-refractivity contribution < 1.29 is 4.92 Å². The van der Waals surface area contributed by atoms with Gasteiger partial charge in [0.1, 0.15) is 11.9 Å². The van der Waals surface area contributed by atoms with Gasteiger partial charge in [0.2, 0.25) is 0 Å². The lowest BCUT2D eigenvalue weighted by molar-refractivity contribution is -0.388. The van der Waals surface area contributed by atoms with Crippen LogP contribution >= 0.6 is 0 Å². The molecule has 0 aliphatic heterocycles. The molecule has 0 aliphatic rings. The first-order valence-electron chi connectivity index (χ1n) is 6.94. The van der Waals surface area contributed by atoms with Crippen molar-refractivity contribution in [2.24, 2.45) is 5.92 Å². The fraction of sp³-hybridized carbons (Fsp3) is 0.643. The molecule has 0 aliphatic carbocycles. The topological polar surface area (TPSA) is 68.1 Å². The number of hydrogen-bond acceptors (Lipinski definition) is 4. The highest BCUT2D eigenvalue weighted by atomic mass is 16.6. The van der Waals surface area contributed by atoms with Crippen LogP contribution in [0.4, 0.5) is 11.5 Å². The first kappa shape index (κ1) is 15.4. The second kappa shape index (κ2) is 8.45. The maximum Gasteiger partial charge on any atom is 0.386 e. The van der Waals surface area contributed by atoms with Crippen LogP contribution < -0.4 is 5.32 Å². The van der Waals surface area contributed by atoms with E-state index in [4.69, 9.17) is 0 Å². The summed E-state index contributed by atoms with van der Waals surface area (Å²) in [5.74, 6) is 0.679. The zero-order chi connectivity index (χ0) is 14.1. The Kier molecular flexibility index (Phi) is 6.85. The average molecular weight is 265 g/mol. The highest BCUT2D eigenvalue weighted by molar-refractivity contribution is 5.56. The lowest BCUT2D eigenvalue weighted by atomic mass is 10.0. The van der Waals surface area contributed by atoms with E-state index in [2.05, 4.69) is 24.1 Å². The normalized spacial score (nSPS) is 10.7. The molecule has 0 saturated heterocycles. The molecule has 0 radical (unpaired) electrons. The summed E-state index contributed by atoms with van der Waals surface area (Å²) in [6.07, 6.45) is 7.41. The minimum Gasteiger partial charge on any atom is -0.378 e. The summed E-state index contributed by atoms with van der Waals surface area (Å²) in [6.45, 7) is 5.24. The third-order valence-electron chi connectivity index (χ3n) is 2.98. The summed E-state index contributed by atoms with van der Waals surface area (Å²) >= 11 is 0. The highest BCUT2D eigenvalue weighted by Crippen LogP contribution is 2.20. The highest BCUT2D eigenvalue weighted by Gasteiger charge is 2.12. The monoisotopic (exact) mass is 265 g/mol. The van der Waals surface area contributed by atoms with Crippen molar-refractivity contribution in [3.8, 4) is 0 Å². The van der Waals surface area contributed by atoms with E-state index in [-0.39, 0.29) is 5.82 Å². The van der Waals surface area contributed by atoms with Gasteiger partial charge in [0.25, 0.3) is 0 Å². The van der Waals surface area contributed by atoms with E-state index in [0.717, 1.165) is 25.3 Å². The van der Waals surface area contributed by atoms with Crippen molar-refractivity contribution in [1.29, 1.82) is 0 Å². The molecule has 5 heteroatoms. The molecular weight excluding hydrogens is 242 g/mol. The lowest BCUT2D eigenvalue weighted by Gasteiger charge is -2.07. The predicted octanol–water partition coefficient (Wildman–Crippen LogP) is 4.01. The molecular formula is C14H23N3O2. The summed E-state index contributed by atoms with van der Waals surface area (Å²) in [4.78, 5) is 14.1. The molecule has 1 N–H and O–H groups in total. The van der Waals surface area contributed by atoms with E-state index in [0.29, 0.717) is 5.69 Å². The fourth-order valence-corrected chi connectivity index (χ4v) is 1.93. The molecule has 0 fully saturated rings. The van der Waals surface area contributed by atoms with E-state index in [9.17, 15) is 10.1 Å². The minimum absolute atomic E-state index is 0.0951. The molecule has 0 spiro atoms. The van der Waals surface area contributed by atoms with Gasteiger partial charge >= 0.3 is 5.82 Å². The van der Waals surface area contributed by atoms with Crippen molar-refractivity contribution in [3.05, 3.63) is 28.4 Å². The summed E-state index contributed by atoms with van der Waals surface area (Å²) in [5.41, 5.74) is 0.509. The summed E-state index contributed by atoms with van der Waals surface area (Å²) in [7, 11) is 0. The van der Waals surface area contributed by atoms with Gasteiger partial charge in [-0.05, 0) is 34.4 Å². The van der Waals surface area contributed by atoms with Crippen LogP contribution in [0.2, 0.25) is 0 Å². The SMILES string of the molecule is CC(C)CCCCCCNc1cccnc1[N+](=O)[O-]. The van der Waals surface area contributed by atoms with E-state index < -0.39 is 4.92 Å². The minimum atomic E-state index is -0.453. The first-order chi connectivity index (χ1) is 9.11. The molecule has 0 unspecified atom stereocenters. The van der Waals surface area contributed by atoms with Gasteiger partial charge in [0.15, 0.2) is 0 Å². The summed E-state index contributed by atoms with van der Waals surface area (Å²) < 4.78 is 0. The molecule has 0 bridgehead atoms. The van der Waals surface area contributed by atoms with Crippen molar-refractivity contribution in [2.75, 3.05) is 11.9 Å². The zero-order valence-corrected chi connectivity index (χ0v) is 11.8. The van der Waals surface area contributed by atoms with Crippen molar-refractivity contribution in [1.82, 2.24) is 4.98 Å². The number of nitrogens with zero attached hydrogens (tertiary/aromatic N) is 2. The van der Waals surface area contributed by atoms with Crippen molar-refractivity contribution in [2.45, 2.75) is 46.0 Å². The van der Waals surface area contributed by atoms with Crippen LogP contribution in [0.1, 0.15) is 46.0 Å². The van der Waals surface area contributed by atoms with Gasteiger partial charge in [-0.25, -0.2) is 0 Å². The molecule has 1 aromatic heterocycles. The van der Waals surface area contributed by atoms with Gasteiger partial charge in [-0.1, -0.05) is 39.5 Å². The molecule has 0 saturated carbocycles. The van der Waals surface area contributed by atoms with Crippen LogP contribution in [-0.2, 0) is 0 Å². The molecule has 0 atom stereocenters. The fourth-order valence-electron chi connectivity index (χ4n) is 1.93. The number of unbranched alkanes of at least 4 members (excludes halogenated alkanes) is 3. The number of hydrogen-bond donors (Lipinski definition) is 1. The number of anilines is 1. The Morgan fingerprint density at radius 1 is 1.32 bits per heavy atom. The largest absolute Gasteiger partial charge is 0.386 e. The Labute approximate surface area is 114 Å². The number of nitro groups is 1. The summed E-state index contributed by atoms with van der Waals surface area (Å²) in [5, 5.41) is 13.9. The molecule has 19 heavy (non-hydrogen) atoms. The Bertz CT molecular complexity index is 394. The molecule has 1 aromatic rings. The average Bonchev–Trinajstić information content (AvgIpc) is 2.37. The lowest BCUT2D eigenvalue weighted by Crippen LogP contribution is -2.05. The van der Waals surface area contributed by atoms with E-state index in [1.54, 1.807) is 12.1 Å². The Balaban J connectivity index is 2.21. The van der Waals surface area contributed by atoms with Gasteiger partial charge in [-0.2, -0.15) is 0 Å². The smallest absolute Gasteiger partial charge is 0.378 e. The van der Waals surface area contributed by atoms with Crippen LogP contribution in [0.25, 0.3) is 0 Å². The maximum absolute atomic E-state index is 10.8. The van der Waals surface area contributed by atoms with E-state index in [1.807, 2.05) is 0 Å². The molecule has 1 rings (SSSR count). The van der Waals surface area contributed by atoms with Crippen LogP contribution in [-0.4, -0.2) is 16.5 Å². The van der Waals surface area contributed by atoms with Gasteiger partial charge in [0, 0.05) is 6.54 Å². The molecule has 5 nitrogen and oxygen atoms in total. The molecule has 0 aromatic carbocycles. The first-order valence-corrected chi connectivity index (χ1v) is 6.94. The molecule has 1 heterocycles. The summed E-state index contributed by atoms with van der Waals surface area (Å²) in [6, 6.07) is 3.40. The van der Waals surface area contributed by atoms with Crippen LogP contribution in [0.15, 0.2) is 18.3 Å². The third-order valence-corrected chi connectivity index (χ3v) is 2.98. The number of pyridine rings is 1. The third kappa shape index (κ3) is 6.18. The van der Waals surface area contributed by atoms with Crippen LogP contribution in [0, 0.1) is 16.0 Å². The molecule has 0 amide bonds. The van der Waals surface area contributed by atoms with Gasteiger partial charge in [-0.15, -0.1) is 0 Å². The number of nitrogens with one attached hydrogen (secondary N) is 1. The predicted molar refractivity (Wildman–Crippen MR) is 77.3 cm³/mol. The van der Waals surface area contributed by atoms with Crippen molar-refractivity contribution in [3.63, 3.8) is 0 Å². The Morgan fingerprint density at radius 3 is 2.74 bits per heavy atom. The second-order valence-corrected chi connectivity index (χ2v) is 5.16. The van der Waals surface area contributed by atoms with E-state index >= 15 is 0 Å². The molecule has 106 valence electrons. The Morgan fingerprint density at radius 2 is 2.05 bits per heavy atom. The van der Waals surface area contributed by atoms with E-state index in [1.165, 1.54) is 25.5 Å². The van der Waals surface area contributed by atoms with Gasteiger partial charge < -0.3 is 15.4 Å². The van der Waals surface area contributed by atoms with Gasteiger partial charge in [0.05, 0.1) is 0 Å². The Hall–Kier alpha value is -1.65. The van der Waals surface area contributed by atoms with Crippen molar-refractivity contribution >= 4 is 11.5 Å². The number of aromatic nitrogens is 1. The van der Waals surface area contributed by atoms with Crippen LogP contribution in [0.5, 0.6) is 0 Å². The number of rotatable bonds is 9.